The molecule has 0 bridgehead atoms. The lowest BCUT2D eigenvalue weighted by molar-refractivity contribution is -0.117. The van der Waals surface area contributed by atoms with Crippen LogP contribution in [-0.4, -0.2) is 11.9 Å². The van der Waals surface area contributed by atoms with E-state index in [2.05, 4.69) is 5.32 Å². The molecule has 1 aromatic carbocycles. The number of carbonyl (C=O) groups is 1. The second-order valence-corrected chi connectivity index (χ2v) is 5.78. The van der Waals surface area contributed by atoms with Crippen LogP contribution in [0.25, 0.3) is 0 Å². The Balaban J connectivity index is 0.00000200. The van der Waals surface area contributed by atoms with Gasteiger partial charge in [-0.1, -0.05) is 30.5 Å². The molecule has 2 atom stereocenters. The van der Waals surface area contributed by atoms with E-state index in [1.807, 2.05) is 25.1 Å². The number of amides is 1. The van der Waals surface area contributed by atoms with Crippen molar-refractivity contribution < 1.29 is 4.79 Å². The van der Waals surface area contributed by atoms with Crippen LogP contribution in [0.3, 0.4) is 0 Å². The molecule has 0 aromatic heterocycles. The maximum atomic E-state index is 12.1. The van der Waals surface area contributed by atoms with Crippen LogP contribution in [-0.2, 0) is 4.79 Å². The molecule has 1 aliphatic carbocycles. The Hall–Kier alpha value is -0.770. The Morgan fingerprint density at radius 1 is 1.40 bits per heavy atom. The second-order valence-electron chi connectivity index (χ2n) is 5.37. The standard InChI is InChI=1S/C15H21ClN2O.ClH/c1-10-12(16)6-4-8-14(10)18-15(19)9-11-5-2-3-7-13(11)17;/h4,6,8,11,13H,2-3,5,7,9,17H2,1H3,(H,18,19);1H. The summed E-state index contributed by atoms with van der Waals surface area (Å²) in [6, 6.07) is 5.71. The van der Waals surface area contributed by atoms with Crippen LogP contribution >= 0.6 is 24.0 Å². The van der Waals surface area contributed by atoms with Crippen molar-refractivity contribution in [2.24, 2.45) is 11.7 Å². The highest BCUT2D eigenvalue weighted by Gasteiger charge is 2.24. The highest BCUT2D eigenvalue weighted by Crippen LogP contribution is 2.27. The van der Waals surface area contributed by atoms with Gasteiger partial charge in [0.2, 0.25) is 5.91 Å². The zero-order valence-electron chi connectivity index (χ0n) is 11.7. The Morgan fingerprint density at radius 3 is 2.80 bits per heavy atom. The summed E-state index contributed by atoms with van der Waals surface area (Å²) in [5.41, 5.74) is 7.77. The molecule has 2 rings (SSSR count). The minimum atomic E-state index is 0. The summed E-state index contributed by atoms with van der Waals surface area (Å²) in [6.45, 7) is 1.91. The van der Waals surface area contributed by atoms with E-state index in [-0.39, 0.29) is 24.4 Å². The molecule has 3 nitrogen and oxygen atoms in total. The molecule has 1 aliphatic rings. The molecule has 1 saturated carbocycles. The van der Waals surface area contributed by atoms with E-state index in [1.165, 1.54) is 12.8 Å². The number of halogens is 2. The molecule has 112 valence electrons. The van der Waals surface area contributed by atoms with E-state index in [1.54, 1.807) is 0 Å². The fourth-order valence-corrected chi connectivity index (χ4v) is 2.85. The normalized spacial score (nSPS) is 21.9. The van der Waals surface area contributed by atoms with Gasteiger partial charge in [-0.05, 0) is 43.4 Å². The van der Waals surface area contributed by atoms with Gasteiger partial charge in [0.25, 0.3) is 0 Å². The van der Waals surface area contributed by atoms with Crippen LogP contribution in [0, 0.1) is 12.8 Å². The van der Waals surface area contributed by atoms with Gasteiger partial charge < -0.3 is 11.1 Å². The first-order valence-electron chi connectivity index (χ1n) is 6.88. The largest absolute Gasteiger partial charge is 0.327 e. The quantitative estimate of drug-likeness (QED) is 0.888. The zero-order chi connectivity index (χ0) is 13.8. The van der Waals surface area contributed by atoms with Crippen LogP contribution in [0.4, 0.5) is 5.69 Å². The Kier molecular flexibility index (Phi) is 6.80. The van der Waals surface area contributed by atoms with Crippen molar-refractivity contribution in [3.8, 4) is 0 Å². The predicted octanol–water partition coefficient (Wildman–Crippen LogP) is 3.92. The first kappa shape index (κ1) is 17.3. The highest BCUT2D eigenvalue weighted by atomic mass is 35.5. The van der Waals surface area contributed by atoms with Crippen molar-refractivity contribution in [2.75, 3.05) is 5.32 Å². The first-order chi connectivity index (χ1) is 9.08. The number of benzene rings is 1. The Morgan fingerprint density at radius 2 is 2.10 bits per heavy atom. The summed E-state index contributed by atoms with van der Waals surface area (Å²) in [4.78, 5) is 12.1. The van der Waals surface area contributed by atoms with E-state index in [9.17, 15) is 4.79 Å². The molecule has 20 heavy (non-hydrogen) atoms. The van der Waals surface area contributed by atoms with Crippen molar-refractivity contribution in [1.29, 1.82) is 0 Å². The average molecular weight is 317 g/mol. The van der Waals surface area contributed by atoms with Gasteiger partial charge >= 0.3 is 0 Å². The zero-order valence-corrected chi connectivity index (χ0v) is 13.3. The van der Waals surface area contributed by atoms with Crippen LogP contribution in [0.15, 0.2) is 18.2 Å². The van der Waals surface area contributed by atoms with Gasteiger partial charge in [0.1, 0.15) is 0 Å². The summed E-state index contributed by atoms with van der Waals surface area (Å²) in [7, 11) is 0. The molecule has 1 amide bonds. The fourth-order valence-electron chi connectivity index (χ4n) is 2.67. The number of nitrogens with one attached hydrogen (secondary N) is 1. The molecule has 0 saturated heterocycles. The van der Waals surface area contributed by atoms with Crippen LogP contribution in [0.5, 0.6) is 0 Å². The van der Waals surface area contributed by atoms with Crippen molar-refractivity contribution in [2.45, 2.75) is 45.1 Å². The second kappa shape index (κ2) is 7.87. The van der Waals surface area contributed by atoms with Gasteiger partial charge in [-0.3, -0.25) is 4.79 Å². The van der Waals surface area contributed by atoms with E-state index in [4.69, 9.17) is 17.3 Å². The smallest absolute Gasteiger partial charge is 0.224 e. The lowest BCUT2D eigenvalue weighted by Gasteiger charge is -2.28. The average Bonchev–Trinajstić information content (AvgIpc) is 2.38. The molecule has 0 spiro atoms. The van der Waals surface area contributed by atoms with E-state index >= 15 is 0 Å². The van der Waals surface area contributed by atoms with Crippen molar-refractivity contribution in [3.63, 3.8) is 0 Å². The van der Waals surface area contributed by atoms with Gasteiger partial charge in [0.15, 0.2) is 0 Å². The third-order valence-corrected chi connectivity index (χ3v) is 4.37. The molecule has 0 aliphatic heterocycles. The van der Waals surface area contributed by atoms with Crippen molar-refractivity contribution in [1.82, 2.24) is 0 Å². The summed E-state index contributed by atoms with van der Waals surface area (Å²) in [6.07, 6.45) is 4.97. The predicted molar refractivity (Wildman–Crippen MR) is 86.6 cm³/mol. The first-order valence-corrected chi connectivity index (χ1v) is 7.26. The maximum absolute atomic E-state index is 12.1. The van der Waals surface area contributed by atoms with Gasteiger partial charge in [-0.2, -0.15) is 0 Å². The third-order valence-electron chi connectivity index (χ3n) is 3.96. The summed E-state index contributed by atoms with van der Waals surface area (Å²) < 4.78 is 0. The van der Waals surface area contributed by atoms with Crippen LogP contribution in [0.2, 0.25) is 5.02 Å². The lowest BCUT2D eigenvalue weighted by atomic mass is 9.83. The van der Waals surface area contributed by atoms with E-state index < -0.39 is 0 Å². The maximum Gasteiger partial charge on any atom is 0.224 e. The number of anilines is 1. The molecule has 3 N–H and O–H groups in total. The van der Waals surface area contributed by atoms with Crippen LogP contribution in [0.1, 0.15) is 37.7 Å². The monoisotopic (exact) mass is 316 g/mol. The summed E-state index contributed by atoms with van der Waals surface area (Å²) in [5, 5.41) is 3.61. The molecule has 1 fully saturated rings. The lowest BCUT2D eigenvalue weighted by Crippen LogP contribution is -2.35. The topological polar surface area (TPSA) is 55.1 Å². The van der Waals surface area contributed by atoms with Crippen LogP contribution < -0.4 is 11.1 Å². The van der Waals surface area contributed by atoms with Gasteiger partial charge in [-0.15, -0.1) is 12.4 Å². The molecule has 5 heteroatoms. The molecule has 0 radical (unpaired) electrons. The Bertz CT molecular complexity index is 465. The summed E-state index contributed by atoms with van der Waals surface area (Å²) >= 11 is 6.04. The number of hydrogen-bond acceptors (Lipinski definition) is 2. The molecule has 2 unspecified atom stereocenters. The summed E-state index contributed by atoms with van der Waals surface area (Å²) in [5.74, 6) is 0.348. The number of hydrogen-bond donors (Lipinski definition) is 2. The minimum absolute atomic E-state index is 0. The number of carbonyl (C=O) groups excluding carboxylic acids is 1. The molecule has 0 heterocycles. The van der Waals surface area contributed by atoms with Gasteiger partial charge in [0.05, 0.1) is 0 Å². The molecular formula is C15H22Cl2N2O. The Labute approximate surface area is 131 Å². The minimum Gasteiger partial charge on any atom is -0.327 e. The molecule has 1 aromatic rings. The SMILES string of the molecule is Cc1c(Cl)cccc1NC(=O)CC1CCCCC1N.Cl. The van der Waals surface area contributed by atoms with Gasteiger partial charge in [-0.25, -0.2) is 0 Å². The van der Waals surface area contributed by atoms with E-state index in [0.29, 0.717) is 17.4 Å². The molecular weight excluding hydrogens is 295 g/mol. The van der Waals surface area contributed by atoms with Gasteiger partial charge in [0, 0.05) is 23.2 Å². The third kappa shape index (κ3) is 4.37. The number of rotatable bonds is 3. The van der Waals surface area contributed by atoms with Crippen molar-refractivity contribution >= 4 is 35.6 Å². The highest BCUT2D eigenvalue weighted by molar-refractivity contribution is 6.31. The fraction of sp³-hybridized carbons (Fsp3) is 0.533. The van der Waals surface area contributed by atoms with Crippen molar-refractivity contribution in [3.05, 3.63) is 28.8 Å². The number of nitrogens with two attached hydrogens (primary N) is 1. The van der Waals surface area contributed by atoms with E-state index in [0.717, 1.165) is 24.1 Å².